The Morgan fingerprint density at radius 2 is 1.92 bits per heavy atom. The highest BCUT2D eigenvalue weighted by Crippen LogP contribution is 2.27. The van der Waals surface area contributed by atoms with E-state index in [1.54, 1.807) is 24.3 Å². The first-order chi connectivity index (χ1) is 12.4. The van der Waals surface area contributed by atoms with Crippen molar-refractivity contribution in [3.8, 4) is 0 Å². The van der Waals surface area contributed by atoms with Crippen LogP contribution in [0.15, 0.2) is 47.4 Å². The van der Waals surface area contributed by atoms with Crippen molar-refractivity contribution in [1.29, 1.82) is 0 Å². The summed E-state index contributed by atoms with van der Waals surface area (Å²) in [5.41, 5.74) is 1.99. The molecule has 0 radical (unpaired) electrons. The van der Waals surface area contributed by atoms with Crippen LogP contribution in [0.4, 0.5) is 11.4 Å². The minimum atomic E-state index is -3.83. The molecule has 4 rings (SSSR count). The second-order valence-corrected chi connectivity index (χ2v) is 8.16. The van der Waals surface area contributed by atoms with Crippen molar-refractivity contribution in [3.05, 3.63) is 53.6 Å². The van der Waals surface area contributed by atoms with Crippen molar-refractivity contribution >= 4 is 33.2 Å². The number of sulfonamides is 1. The highest BCUT2D eigenvalue weighted by Gasteiger charge is 2.24. The first-order valence-corrected chi connectivity index (χ1v) is 9.75. The van der Waals surface area contributed by atoms with E-state index >= 15 is 0 Å². The summed E-state index contributed by atoms with van der Waals surface area (Å²) in [5.74, 6) is -0.368. The SMILES string of the molecule is O=C1Cc2cc(S(=O)(=O)Nc3cccc(C(=O)NC4CC4)c3)ccc2N1. The Morgan fingerprint density at radius 1 is 1.12 bits per heavy atom. The quantitative estimate of drug-likeness (QED) is 0.746. The molecule has 8 heteroatoms. The van der Waals surface area contributed by atoms with Crippen LogP contribution in [0.1, 0.15) is 28.8 Å². The molecule has 26 heavy (non-hydrogen) atoms. The lowest BCUT2D eigenvalue weighted by Gasteiger charge is -2.11. The van der Waals surface area contributed by atoms with E-state index in [1.165, 1.54) is 18.2 Å². The molecule has 1 heterocycles. The smallest absolute Gasteiger partial charge is 0.261 e. The predicted octanol–water partition coefficient (Wildman–Crippen LogP) is 1.87. The lowest BCUT2D eigenvalue weighted by atomic mass is 10.2. The van der Waals surface area contributed by atoms with Crippen molar-refractivity contribution in [2.45, 2.75) is 30.2 Å². The lowest BCUT2D eigenvalue weighted by Crippen LogP contribution is -2.25. The molecular weight excluding hydrogens is 354 g/mol. The summed E-state index contributed by atoms with van der Waals surface area (Å²) < 4.78 is 27.8. The van der Waals surface area contributed by atoms with Crippen LogP contribution >= 0.6 is 0 Å². The number of amides is 2. The number of carbonyl (C=O) groups excluding carboxylic acids is 2. The van der Waals surface area contributed by atoms with Gasteiger partial charge in [0.05, 0.1) is 11.3 Å². The molecule has 2 aliphatic rings. The van der Waals surface area contributed by atoms with Gasteiger partial charge in [-0.05, 0) is 54.8 Å². The van der Waals surface area contributed by atoms with E-state index in [9.17, 15) is 18.0 Å². The van der Waals surface area contributed by atoms with Crippen LogP contribution in [-0.4, -0.2) is 26.3 Å². The zero-order valence-corrected chi connectivity index (χ0v) is 14.6. The Balaban J connectivity index is 1.55. The van der Waals surface area contributed by atoms with Gasteiger partial charge >= 0.3 is 0 Å². The van der Waals surface area contributed by atoms with Gasteiger partial charge in [0.15, 0.2) is 0 Å². The van der Waals surface area contributed by atoms with Crippen molar-refractivity contribution < 1.29 is 18.0 Å². The minimum absolute atomic E-state index is 0.0700. The van der Waals surface area contributed by atoms with E-state index in [2.05, 4.69) is 15.4 Å². The number of anilines is 2. The number of hydrogen-bond donors (Lipinski definition) is 3. The molecule has 3 N–H and O–H groups in total. The molecular formula is C18H17N3O4S. The van der Waals surface area contributed by atoms with Crippen molar-refractivity contribution in [2.75, 3.05) is 10.0 Å². The maximum atomic E-state index is 12.6. The molecule has 0 bridgehead atoms. The standard InChI is InChI=1S/C18H17N3O4S/c22-17-10-12-9-15(6-7-16(12)20-17)26(24,25)21-14-3-1-2-11(8-14)18(23)19-13-4-5-13/h1-3,6-9,13,21H,4-5,10H2,(H,19,23)(H,20,22). The zero-order valence-electron chi connectivity index (χ0n) is 13.8. The monoisotopic (exact) mass is 371 g/mol. The third-order valence-corrected chi connectivity index (χ3v) is 5.68. The van der Waals surface area contributed by atoms with Crippen LogP contribution in [0.25, 0.3) is 0 Å². The molecule has 0 atom stereocenters. The average Bonchev–Trinajstić information content (AvgIpc) is 3.32. The Labute approximate surface area is 150 Å². The van der Waals surface area contributed by atoms with Crippen molar-refractivity contribution in [3.63, 3.8) is 0 Å². The van der Waals surface area contributed by atoms with Gasteiger partial charge in [-0.25, -0.2) is 8.42 Å². The van der Waals surface area contributed by atoms with Gasteiger partial charge in [0, 0.05) is 23.0 Å². The van der Waals surface area contributed by atoms with Gasteiger partial charge in [-0.1, -0.05) is 6.07 Å². The Hall–Kier alpha value is -2.87. The molecule has 134 valence electrons. The molecule has 2 amide bonds. The van der Waals surface area contributed by atoms with E-state index in [-0.39, 0.29) is 29.2 Å². The van der Waals surface area contributed by atoms with Gasteiger partial charge < -0.3 is 10.6 Å². The van der Waals surface area contributed by atoms with Crippen molar-refractivity contribution in [1.82, 2.24) is 5.32 Å². The number of hydrogen-bond acceptors (Lipinski definition) is 4. The summed E-state index contributed by atoms with van der Waals surface area (Å²) in [4.78, 5) is 23.6. The third-order valence-electron chi connectivity index (χ3n) is 4.30. The Bertz CT molecular complexity index is 1010. The fourth-order valence-electron chi connectivity index (χ4n) is 2.81. The highest BCUT2D eigenvalue weighted by molar-refractivity contribution is 7.92. The van der Waals surface area contributed by atoms with E-state index in [4.69, 9.17) is 0 Å². The molecule has 1 saturated carbocycles. The average molecular weight is 371 g/mol. The van der Waals surface area contributed by atoms with Crippen LogP contribution in [-0.2, 0) is 21.2 Å². The molecule has 1 fully saturated rings. The second kappa shape index (κ2) is 6.14. The van der Waals surface area contributed by atoms with Crippen LogP contribution in [0.3, 0.4) is 0 Å². The summed E-state index contributed by atoms with van der Waals surface area (Å²) in [6.07, 6.45) is 2.12. The largest absolute Gasteiger partial charge is 0.349 e. The van der Waals surface area contributed by atoms with E-state index < -0.39 is 10.0 Å². The van der Waals surface area contributed by atoms with Gasteiger partial charge in [0.2, 0.25) is 5.91 Å². The molecule has 1 aliphatic carbocycles. The van der Waals surface area contributed by atoms with E-state index in [0.717, 1.165) is 12.8 Å². The van der Waals surface area contributed by atoms with Crippen molar-refractivity contribution in [2.24, 2.45) is 0 Å². The lowest BCUT2D eigenvalue weighted by molar-refractivity contribution is -0.115. The number of carbonyl (C=O) groups is 2. The minimum Gasteiger partial charge on any atom is -0.349 e. The summed E-state index contributed by atoms with van der Waals surface area (Å²) in [6.45, 7) is 0. The van der Waals surface area contributed by atoms with E-state index in [1.807, 2.05) is 0 Å². The van der Waals surface area contributed by atoms with Crippen LogP contribution in [0.2, 0.25) is 0 Å². The molecule has 0 saturated heterocycles. The predicted molar refractivity (Wildman–Crippen MR) is 96.5 cm³/mol. The van der Waals surface area contributed by atoms with Crippen LogP contribution in [0.5, 0.6) is 0 Å². The zero-order chi connectivity index (χ0) is 18.3. The van der Waals surface area contributed by atoms with E-state index in [0.29, 0.717) is 22.5 Å². The summed E-state index contributed by atoms with van der Waals surface area (Å²) in [5, 5.41) is 5.54. The molecule has 7 nitrogen and oxygen atoms in total. The number of benzene rings is 2. The van der Waals surface area contributed by atoms with Gasteiger partial charge in [-0.3, -0.25) is 14.3 Å². The van der Waals surface area contributed by atoms with Gasteiger partial charge in [-0.2, -0.15) is 0 Å². The van der Waals surface area contributed by atoms with Crippen LogP contribution < -0.4 is 15.4 Å². The maximum Gasteiger partial charge on any atom is 0.261 e. The fraction of sp³-hybridized carbons (Fsp3) is 0.222. The molecule has 0 spiro atoms. The fourth-order valence-corrected chi connectivity index (χ4v) is 3.91. The summed E-state index contributed by atoms with van der Waals surface area (Å²) in [7, 11) is -3.83. The Morgan fingerprint density at radius 3 is 2.69 bits per heavy atom. The maximum absolute atomic E-state index is 12.6. The number of rotatable bonds is 5. The first-order valence-electron chi connectivity index (χ1n) is 8.27. The molecule has 2 aromatic rings. The molecule has 0 unspecified atom stereocenters. The Kier molecular flexibility index (Phi) is 3.91. The summed E-state index contributed by atoms with van der Waals surface area (Å²) >= 11 is 0. The summed E-state index contributed by atoms with van der Waals surface area (Å²) in [6, 6.07) is 11.1. The van der Waals surface area contributed by atoms with Gasteiger partial charge in [-0.15, -0.1) is 0 Å². The first kappa shape index (κ1) is 16.6. The normalized spacial score (nSPS) is 15.9. The second-order valence-electron chi connectivity index (χ2n) is 6.48. The third kappa shape index (κ3) is 3.41. The number of fused-ring (bicyclic) bond motifs is 1. The molecule has 0 aromatic heterocycles. The topological polar surface area (TPSA) is 104 Å². The highest BCUT2D eigenvalue weighted by atomic mass is 32.2. The van der Waals surface area contributed by atoms with Crippen LogP contribution in [0, 0.1) is 0 Å². The number of nitrogens with one attached hydrogen (secondary N) is 3. The van der Waals surface area contributed by atoms with Gasteiger partial charge in [0.1, 0.15) is 0 Å². The molecule has 1 aliphatic heterocycles. The molecule has 2 aromatic carbocycles. The van der Waals surface area contributed by atoms with Gasteiger partial charge in [0.25, 0.3) is 15.9 Å².